The van der Waals surface area contributed by atoms with Crippen molar-refractivity contribution in [3.63, 3.8) is 0 Å². The van der Waals surface area contributed by atoms with E-state index < -0.39 is 0 Å². The molecule has 0 aliphatic heterocycles. The number of pyridine rings is 1. The van der Waals surface area contributed by atoms with Crippen LogP contribution in [0, 0.1) is 0 Å². The molecule has 1 amide bonds. The first-order chi connectivity index (χ1) is 5.74. The lowest BCUT2D eigenvalue weighted by atomic mass is 10.3. The van der Waals surface area contributed by atoms with Crippen molar-refractivity contribution in [1.29, 1.82) is 0 Å². The quantitative estimate of drug-likeness (QED) is 0.595. The highest BCUT2D eigenvalue weighted by Crippen LogP contribution is 1.92. The van der Waals surface area contributed by atoms with Gasteiger partial charge >= 0.3 is 0 Å². The van der Waals surface area contributed by atoms with Crippen LogP contribution in [0.25, 0.3) is 0 Å². The number of hydrogen-bond donors (Lipinski definition) is 1. The normalized spacial score (nSPS) is 9.75. The van der Waals surface area contributed by atoms with Crippen molar-refractivity contribution in [1.82, 2.24) is 0 Å². The number of hydrogen-bond acceptors (Lipinski definition) is 1. The molecule has 64 valence electrons. The third kappa shape index (κ3) is 2.30. The molecule has 0 saturated heterocycles. The molecule has 2 N–H and O–H groups in total. The molecule has 4 heteroatoms. The monoisotopic (exact) mass is 229 g/mol. The van der Waals surface area contributed by atoms with Crippen molar-refractivity contribution in [2.24, 2.45) is 5.73 Å². The molecule has 0 aliphatic rings. The first kappa shape index (κ1) is 9.19. The third-order valence-electron chi connectivity index (χ3n) is 1.49. The highest BCUT2D eigenvalue weighted by molar-refractivity contribution is 9.09. The number of carbonyl (C=O) groups excluding carboxylic acids is 1. The largest absolute Gasteiger partial charge is 0.365 e. The van der Waals surface area contributed by atoms with Gasteiger partial charge in [0, 0.05) is 6.07 Å². The first-order valence-electron chi connectivity index (χ1n) is 3.59. The fourth-order valence-corrected chi connectivity index (χ4v) is 1.31. The lowest BCUT2D eigenvalue weighted by Gasteiger charge is -1.94. The van der Waals surface area contributed by atoms with Crippen LogP contribution in [0.5, 0.6) is 0 Å². The molecular weight excluding hydrogens is 220 g/mol. The van der Waals surface area contributed by atoms with Crippen LogP contribution in [0.3, 0.4) is 0 Å². The molecule has 3 nitrogen and oxygen atoms in total. The minimum atomic E-state index is -0.390. The van der Waals surface area contributed by atoms with E-state index in [9.17, 15) is 4.79 Å². The molecule has 0 aromatic carbocycles. The molecule has 0 spiro atoms. The van der Waals surface area contributed by atoms with Gasteiger partial charge in [0.05, 0.1) is 5.33 Å². The Balaban J connectivity index is 2.88. The molecule has 1 heterocycles. The smallest absolute Gasteiger partial charge is 0.254 e. The zero-order chi connectivity index (χ0) is 8.97. The van der Waals surface area contributed by atoms with Crippen LogP contribution in [-0.2, 0) is 6.54 Å². The van der Waals surface area contributed by atoms with Crippen molar-refractivity contribution >= 4 is 21.8 Å². The fraction of sp³-hybridized carbons (Fsp3) is 0.250. The van der Waals surface area contributed by atoms with Gasteiger partial charge in [-0.05, 0) is 6.07 Å². The van der Waals surface area contributed by atoms with Gasteiger partial charge in [-0.3, -0.25) is 4.79 Å². The van der Waals surface area contributed by atoms with E-state index in [0.717, 1.165) is 11.9 Å². The average Bonchev–Trinajstić information content (AvgIpc) is 2.05. The van der Waals surface area contributed by atoms with E-state index in [2.05, 4.69) is 15.9 Å². The maximum atomic E-state index is 10.8. The van der Waals surface area contributed by atoms with Gasteiger partial charge in [0.15, 0.2) is 18.9 Å². The van der Waals surface area contributed by atoms with Crippen LogP contribution >= 0.6 is 15.9 Å². The summed E-state index contributed by atoms with van der Waals surface area (Å²) in [5.74, 6) is -0.390. The molecule has 1 aromatic rings. The molecule has 1 aromatic heterocycles. The highest BCUT2D eigenvalue weighted by Gasteiger charge is 2.05. The molecule has 0 unspecified atom stereocenters. The van der Waals surface area contributed by atoms with Gasteiger partial charge in [-0.2, -0.15) is 0 Å². The number of aryl methyl sites for hydroxylation is 1. The number of nitrogens with two attached hydrogens (primary N) is 1. The zero-order valence-electron chi connectivity index (χ0n) is 6.53. The van der Waals surface area contributed by atoms with E-state index in [1.165, 1.54) is 0 Å². The van der Waals surface area contributed by atoms with Crippen molar-refractivity contribution in [2.45, 2.75) is 6.54 Å². The number of primary amides is 1. The Bertz CT molecular complexity index is 288. The third-order valence-corrected chi connectivity index (χ3v) is 1.84. The number of amides is 1. The zero-order valence-corrected chi connectivity index (χ0v) is 8.12. The molecular formula is C8H10BrN2O+. The summed E-state index contributed by atoms with van der Waals surface area (Å²) in [6, 6.07) is 3.51. The number of nitrogens with zero attached hydrogens (tertiary/aromatic N) is 1. The number of alkyl halides is 1. The lowest BCUT2D eigenvalue weighted by molar-refractivity contribution is -0.692. The van der Waals surface area contributed by atoms with Gasteiger partial charge in [0.1, 0.15) is 5.56 Å². The Hall–Kier alpha value is -0.900. The predicted molar refractivity (Wildman–Crippen MR) is 48.9 cm³/mol. The van der Waals surface area contributed by atoms with Crippen LogP contribution in [0.1, 0.15) is 10.4 Å². The van der Waals surface area contributed by atoms with Gasteiger partial charge in [0.25, 0.3) is 5.91 Å². The summed E-state index contributed by atoms with van der Waals surface area (Å²) < 4.78 is 1.91. The minimum absolute atomic E-state index is 0.390. The second-order valence-electron chi connectivity index (χ2n) is 2.38. The van der Waals surface area contributed by atoms with Crippen molar-refractivity contribution in [2.75, 3.05) is 5.33 Å². The maximum absolute atomic E-state index is 10.8. The molecule has 12 heavy (non-hydrogen) atoms. The number of carbonyl (C=O) groups is 1. The van der Waals surface area contributed by atoms with Gasteiger partial charge < -0.3 is 5.73 Å². The summed E-state index contributed by atoms with van der Waals surface area (Å²) in [6.07, 6.45) is 3.64. The first-order valence-corrected chi connectivity index (χ1v) is 4.71. The number of rotatable bonds is 3. The second kappa shape index (κ2) is 4.21. The van der Waals surface area contributed by atoms with E-state index >= 15 is 0 Å². The Morgan fingerprint density at radius 3 is 3.00 bits per heavy atom. The SMILES string of the molecule is NC(=O)c1ccc[n+](CCBr)c1. The fourth-order valence-electron chi connectivity index (χ4n) is 0.904. The molecule has 0 fully saturated rings. The molecule has 0 saturated carbocycles. The van der Waals surface area contributed by atoms with Crippen LogP contribution in [-0.4, -0.2) is 11.2 Å². The summed E-state index contributed by atoms with van der Waals surface area (Å²) in [7, 11) is 0. The van der Waals surface area contributed by atoms with Crippen LogP contribution < -0.4 is 10.3 Å². The van der Waals surface area contributed by atoms with Crippen molar-refractivity contribution < 1.29 is 9.36 Å². The molecule has 1 rings (SSSR count). The lowest BCUT2D eigenvalue weighted by Crippen LogP contribution is -2.35. The predicted octanol–water partition coefficient (Wildman–Crippen LogP) is 0.468. The molecule has 0 aliphatic carbocycles. The van der Waals surface area contributed by atoms with Crippen LogP contribution in [0.2, 0.25) is 0 Å². The second-order valence-corrected chi connectivity index (χ2v) is 3.18. The Kier molecular flexibility index (Phi) is 3.22. The van der Waals surface area contributed by atoms with E-state index in [1.54, 1.807) is 12.3 Å². The molecule has 0 atom stereocenters. The van der Waals surface area contributed by atoms with Gasteiger partial charge in [0.2, 0.25) is 0 Å². The Labute approximate surface area is 79.3 Å². The Morgan fingerprint density at radius 2 is 2.42 bits per heavy atom. The van der Waals surface area contributed by atoms with E-state index in [4.69, 9.17) is 5.73 Å². The summed E-state index contributed by atoms with van der Waals surface area (Å²) >= 11 is 3.31. The topological polar surface area (TPSA) is 47.0 Å². The number of aromatic nitrogens is 1. The summed E-state index contributed by atoms with van der Waals surface area (Å²) in [4.78, 5) is 10.8. The van der Waals surface area contributed by atoms with Crippen molar-refractivity contribution in [3.8, 4) is 0 Å². The van der Waals surface area contributed by atoms with Gasteiger partial charge in [-0.1, -0.05) is 15.9 Å². The summed E-state index contributed by atoms with van der Waals surface area (Å²) in [6.45, 7) is 0.834. The van der Waals surface area contributed by atoms with Gasteiger partial charge in [-0.15, -0.1) is 0 Å². The summed E-state index contributed by atoms with van der Waals surface area (Å²) in [5, 5.41) is 0.861. The minimum Gasteiger partial charge on any atom is -0.365 e. The molecule has 0 radical (unpaired) electrons. The van der Waals surface area contributed by atoms with Crippen LogP contribution in [0.15, 0.2) is 24.5 Å². The van der Waals surface area contributed by atoms with E-state index in [-0.39, 0.29) is 5.91 Å². The average molecular weight is 230 g/mol. The maximum Gasteiger partial charge on any atom is 0.254 e. The summed E-state index contributed by atoms with van der Waals surface area (Å²) in [5.41, 5.74) is 5.66. The highest BCUT2D eigenvalue weighted by atomic mass is 79.9. The van der Waals surface area contributed by atoms with Crippen LogP contribution in [0.4, 0.5) is 0 Å². The standard InChI is InChI=1S/C8H9BrN2O/c9-3-5-11-4-1-2-7(6-11)8(10)12/h1-2,4,6H,3,5H2,(H-,10,12)/p+1. The number of halogens is 1. The molecule has 0 bridgehead atoms. The van der Waals surface area contributed by atoms with Crippen molar-refractivity contribution in [3.05, 3.63) is 30.1 Å². The van der Waals surface area contributed by atoms with Gasteiger partial charge in [-0.25, -0.2) is 4.57 Å². The van der Waals surface area contributed by atoms with E-state index in [0.29, 0.717) is 5.56 Å². The Morgan fingerprint density at radius 1 is 1.67 bits per heavy atom. The van der Waals surface area contributed by atoms with E-state index in [1.807, 2.05) is 16.8 Å².